The number of rotatable bonds is 5. The molecule has 48 heavy (non-hydrogen) atoms. The number of nitrogens with zero attached hydrogens (tertiary/aromatic N) is 6. The molecule has 6 nitrogen and oxygen atoms in total. The van der Waals surface area contributed by atoms with Gasteiger partial charge in [0.1, 0.15) is 0 Å². The van der Waals surface area contributed by atoms with Crippen molar-refractivity contribution in [1.82, 2.24) is 29.9 Å². The fourth-order valence-corrected chi connectivity index (χ4v) is 6.25. The SMILES string of the molecule is c1ccc(-c2ccc(-c3nc(-c4ccccc4-c4ccc5ccc6cccnc6c5n4)nc(-c4cccc5cccnc45)n3)cc2)cc1. The minimum atomic E-state index is 0.558. The second-order valence-electron chi connectivity index (χ2n) is 11.6. The van der Waals surface area contributed by atoms with Gasteiger partial charge in [0, 0.05) is 50.8 Å². The number of benzene rings is 5. The van der Waals surface area contributed by atoms with Gasteiger partial charge in [0.25, 0.3) is 0 Å². The van der Waals surface area contributed by atoms with Gasteiger partial charge >= 0.3 is 0 Å². The first kappa shape index (κ1) is 27.6. The summed E-state index contributed by atoms with van der Waals surface area (Å²) in [6, 6.07) is 49.3. The smallest absolute Gasteiger partial charge is 0.166 e. The lowest BCUT2D eigenvalue weighted by atomic mass is 10.0. The molecule has 4 aromatic heterocycles. The minimum Gasteiger partial charge on any atom is -0.255 e. The molecule has 0 bridgehead atoms. The fraction of sp³-hybridized carbons (Fsp3) is 0. The molecular weight excluding hydrogens is 589 g/mol. The molecular formula is C42H26N6. The second kappa shape index (κ2) is 11.6. The summed E-state index contributed by atoms with van der Waals surface area (Å²) in [5, 5.41) is 3.11. The van der Waals surface area contributed by atoms with Gasteiger partial charge in [-0.3, -0.25) is 9.97 Å². The minimum absolute atomic E-state index is 0.558. The molecule has 224 valence electrons. The maximum atomic E-state index is 5.16. The second-order valence-corrected chi connectivity index (χ2v) is 11.6. The molecule has 9 aromatic rings. The van der Waals surface area contributed by atoms with E-state index in [1.165, 1.54) is 0 Å². The van der Waals surface area contributed by atoms with Gasteiger partial charge in [-0.15, -0.1) is 0 Å². The Morgan fingerprint density at radius 1 is 0.292 bits per heavy atom. The first-order chi connectivity index (χ1) is 23.8. The Hall–Kier alpha value is -6.66. The summed E-state index contributed by atoms with van der Waals surface area (Å²) < 4.78 is 0. The average molecular weight is 615 g/mol. The maximum Gasteiger partial charge on any atom is 0.166 e. The van der Waals surface area contributed by atoms with Crippen molar-refractivity contribution in [3.8, 4) is 56.5 Å². The Labute approximate surface area is 276 Å². The first-order valence-corrected chi connectivity index (χ1v) is 15.8. The predicted octanol–water partition coefficient (Wildman–Crippen LogP) is 9.85. The van der Waals surface area contributed by atoms with Crippen LogP contribution in [0.4, 0.5) is 0 Å². The quantitative estimate of drug-likeness (QED) is 0.180. The van der Waals surface area contributed by atoms with Crippen molar-refractivity contribution >= 4 is 32.7 Å². The number of hydrogen-bond acceptors (Lipinski definition) is 6. The number of pyridine rings is 3. The van der Waals surface area contributed by atoms with E-state index in [0.717, 1.165) is 71.8 Å². The van der Waals surface area contributed by atoms with Crippen molar-refractivity contribution in [2.24, 2.45) is 0 Å². The molecule has 0 saturated heterocycles. The Morgan fingerprint density at radius 2 is 0.833 bits per heavy atom. The molecule has 4 heterocycles. The standard InChI is InChI=1S/C42H26N6/c1-2-9-27(10-3-1)28-17-21-32(22-18-28)40-46-41(48-42(47-40)35-16-6-11-29-12-7-25-43-37(29)35)34-15-5-4-14-33(34)36-24-23-31-20-19-30-13-8-26-44-38(30)39(31)45-36/h1-26H. The van der Waals surface area contributed by atoms with Crippen LogP contribution in [0.3, 0.4) is 0 Å². The van der Waals surface area contributed by atoms with Crippen LogP contribution in [0.5, 0.6) is 0 Å². The van der Waals surface area contributed by atoms with Gasteiger partial charge in [0.05, 0.1) is 22.2 Å². The van der Waals surface area contributed by atoms with Crippen molar-refractivity contribution in [3.63, 3.8) is 0 Å². The van der Waals surface area contributed by atoms with Gasteiger partial charge in [-0.2, -0.15) is 0 Å². The topological polar surface area (TPSA) is 77.3 Å². The molecule has 0 amide bonds. The lowest BCUT2D eigenvalue weighted by Gasteiger charge is -2.13. The van der Waals surface area contributed by atoms with E-state index < -0.39 is 0 Å². The molecule has 0 unspecified atom stereocenters. The number of fused-ring (bicyclic) bond motifs is 4. The van der Waals surface area contributed by atoms with Gasteiger partial charge < -0.3 is 0 Å². The summed E-state index contributed by atoms with van der Waals surface area (Å²) in [6.45, 7) is 0. The predicted molar refractivity (Wildman–Crippen MR) is 193 cm³/mol. The first-order valence-electron chi connectivity index (χ1n) is 15.8. The van der Waals surface area contributed by atoms with Gasteiger partial charge in [-0.05, 0) is 35.4 Å². The molecule has 0 radical (unpaired) electrons. The summed E-state index contributed by atoms with van der Waals surface area (Å²) in [7, 11) is 0. The Kier molecular flexibility index (Phi) is 6.68. The lowest BCUT2D eigenvalue weighted by molar-refractivity contribution is 1.07. The zero-order valence-corrected chi connectivity index (χ0v) is 25.7. The molecule has 0 aliphatic heterocycles. The van der Waals surface area contributed by atoms with Gasteiger partial charge in [-0.25, -0.2) is 19.9 Å². The molecule has 0 atom stereocenters. The van der Waals surface area contributed by atoms with Gasteiger partial charge in [-0.1, -0.05) is 121 Å². The Morgan fingerprint density at radius 3 is 1.62 bits per heavy atom. The molecule has 9 rings (SSSR count). The van der Waals surface area contributed by atoms with Crippen LogP contribution in [0.25, 0.3) is 89.3 Å². The van der Waals surface area contributed by atoms with E-state index in [2.05, 4.69) is 89.9 Å². The van der Waals surface area contributed by atoms with Gasteiger partial charge in [0.2, 0.25) is 0 Å². The maximum absolute atomic E-state index is 5.16. The normalized spacial score (nSPS) is 11.3. The van der Waals surface area contributed by atoms with Crippen LogP contribution in [0.15, 0.2) is 158 Å². The third-order valence-corrected chi connectivity index (χ3v) is 8.64. The lowest BCUT2D eigenvalue weighted by Crippen LogP contribution is -2.02. The summed E-state index contributed by atoms with van der Waals surface area (Å²) in [5.41, 5.74) is 9.20. The molecule has 0 spiro atoms. The van der Waals surface area contributed by atoms with Gasteiger partial charge in [0.15, 0.2) is 17.5 Å². The zero-order chi connectivity index (χ0) is 31.9. The van der Waals surface area contributed by atoms with Crippen LogP contribution in [0.2, 0.25) is 0 Å². The van der Waals surface area contributed by atoms with Crippen molar-refractivity contribution in [2.45, 2.75) is 0 Å². The highest BCUT2D eigenvalue weighted by molar-refractivity contribution is 6.03. The highest BCUT2D eigenvalue weighted by Gasteiger charge is 2.18. The molecule has 0 aliphatic rings. The number of para-hydroxylation sites is 1. The van der Waals surface area contributed by atoms with E-state index in [9.17, 15) is 0 Å². The Bertz CT molecular complexity index is 2610. The third-order valence-electron chi connectivity index (χ3n) is 8.64. The molecule has 0 N–H and O–H groups in total. The van der Waals surface area contributed by atoms with E-state index in [1.807, 2.05) is 66.9 Å². The highest BCUT2D eigenvalue weighted by atomic mass is 15.0. The van der Waals surface area contributed by atoms with Crippen molar-refractivity contribution < 1.29 is 0 Å². The van der Waals surface area contributed by atoms with E-state index in [0.29, 0.717) is 17.5 Å². The number of hydrogen-bond donors (Lipinski definition) is 0. The average Bonchev–Trinajstić information content (AvgIpc) is 3.17. The van der Waals surface area contributed by atoms with Crippen molar-refractivity contribution in [1.29, 1.82) is 0 Å². The zero-order valence-electron chi connectivity index (χ0n) is 25.7. The molecule has 6 heteroatoms. The fourth-order valence-electron chi connectivity index (χ4n) is 6.25. The van der Waals surface area contributed by atoms with Crippen molar-refractivity contribution in [3.05, 3.63) is 158 Å². The Balaban J connectivity index is 1.24. The van der Waals surface area contributed by atoms with E-state index in [-0.39, 0.29) is 0 Å². The van der Waals surface area contributed by atoms with Crippen LogP contribution in [0.1, 0.15) is 0 Å². The number of aromatic nitrogens is 6. The van der Waals surface area contributed by atoms with Crippen molar-refractivity contribution in [2.75, 3.05) is 0 Å². The molecule has 0 aliphatic carbocycles. The summed E-state index contributed by atoms with van der Waals surface area (Å²) in [6.07, 6.45) is 3.61. The van der Waals surface area contributed by atoms with Crippen LogP contribution >= 0.6 is 0 Å². The summed E-state index contributed by atoms with van der Waals surface area (Å²) >= 11 is 0. The monoisotopic (exact) mass is 614 g/mol. The largest absolute Gasteiger partial charge is 0.255 e. The summed E-state index contributed by atoms with van der Waals surface area (Å²) in [5.74, 6) is 1.70. The molecule has 0 saturated carbocycles. The van der Waals surface area contributed by atoms with Crippen LogP contribution < -0.4 is 0 Å². The third kappa shape index (κ3) is 4.93. The highest BCUT2D eigenvalue weighted by Crippen LogP contribution is 2.35. The molecule has 5 aromatic carbocycles. The summed E-state index contributed by atoms with van der Waals surface area (Å²) in [4.78, 5) is 29.8. The van der Waals surface area contributed by atoms with E-state index >= 15 is 0 Å². The van der Waals surface area contributed by atoms with E-state index in [1.54, 1.807) is 6.20 Å². The van der Waals surface area contributed by atoms with Crippen LogP contribution in [-0.2, 0) is 0 Å². The van der Waals surface area contributed by atoms with Crippen LogP contribution in [0, 0.1) is 0 Å². The molecule has 0 fully saturated rings. The van der Waals surface area contributed by atoms with Crippen LogP contribution in [-0.4, -0.2) is 29.9 Å². The van der Waals surface area contributed by atoms with E-state index in [4.69, 9.17) is 24.9 Å².